The predicted molar refractivity (Wildman–Crippen MR) is 67.3 cm³/mol. The second-order valence-corrected chi connectivity index (χ2v) is 5.67. The number of carbonyl (C=O) groups excluding carboxylic acids is 1. The van der Waals surface area contributed by atoms with E-state index in [1.807, 2.05) is 7.05 Å². The Balaban J connectivity index is 1.76. The van der Waals surface area contributed by atoms with Crippen LogP contribution in [-0.4, -0.2) is 41.6 Å². The van der Waals surface area contributed by atoms with Crippen LogP contribution in [-0.2, 0) is 4.79 Å². The Morgan fingerprint density at radius 3 is 2.61 bits per heavy atom. The number of nitrogens with one attached hydrogen (secondary N) is 1. The molecule has 5 nitrogen and oxygen atoms in total. The van der Waals surface area contributed by atoms with Crippen LogP contribution in [0.2, 0.25) is 0 Å². The Bertz CT molecular complexity index is 328. The molecule has 0 aromatic rings. The molecule has 2 N–H and O–H groups in total. The van der Waals surface area contributed by atoms with Gasteiger partial charge in [0.25, 0.3) is 0 Å². The first-order valence-corrected chi connectivity index (χ1v) is 6.80. The van der Waals surface area contributed by atoms with Gasteiger partial charge >= 0.3 is 12.0 Å². The van der Waals surface area contributed by atoms with Crippen molar-refractivity contribution in [2.45, 2.75) is 44.6 Å². The van der Waals surface area contributed by atoms with Crippen LogP contribution < -0.4 is 5.32 Å². The molecule has 2 saturated carbocycles. The fourth-order valence-electron chi connectivity index (χ4n) is 2.60. The van der Waals surface area contributed by atoms with E-state index in [9.17, 15) is 9.59 Å². The summed E-state index contributed by atoms with van der Waals surface area (Å²) in [5.41, 5.74) is 0. The summed E-state index contributed by atoms with van der Waals surface area (Å²) in [6.45, 7) is 0.820. The predicted octanol–water partition coefficient (Wildman–Crippen LogP) is 1.68. The lowest BCUT2D eigenvalue weighted by atomic mass is 9.86. The van der Waals surface area contributed by atoms with Gasteiger partial charge in [-0.2, -0.15) is 0 Å². The van der Waals surface area contributed by atoms with Gasteiger partial charge in [0.15, 0.2) is 0 Å². The van der Waals surface area contributed by atoms with E-state index >= 15 is 0 Å². The molecule has 0 saturated heterocycles. The Kier molecular flexibility index (Phi) is 4.09. The summed E-state index contributed by atoms with van der Waals surface area (Å²) >= 11 is 0. The third-order valence-corrected chi connectivity index (χ3v) is 3.93. The van der Waals surface area contributed by atoms with Gasteiger partial charge in [0.05, 0.1) is 5.92 Å². The van der Waals surface area contributed by atoms with E-state index in [0.29, 0.717) is 12.3 Å². The number of nitrogens with zero attached hydrogens (tertiary/aromatic N) is 1. The van der Waals surface area contributed by atoms with Crippen molar-refractivity contribution in [1.29, 1.82) is 0 Å². The Labute approximate surface area is 108 Å². The number of aliphatic carboxylic acids is 1. The lowest BCUT2D eigenvalue weighted by Gasteiger charge is -2.29. The van der Waals surface area contributed by atoms with Crippen LogP contribution in [0.3, 0.4) is 0 Å². The average molecular weight is 254 g/mol. The first-order valence-electron chi connectivity index (χ1n) is 6.80. The zero-order valence-electron chi connectivity index (χ0n) is 10.9. The average Bonchev–Trinajstić information content (AvgIpc) is 3.13. The maximum atomic E-state index is 11.9. The summed E-state index contributed by atoms with van der Waals surface area (Å²) in [6.07, 6.45) is 5.53. The molecule has 102 valence electrons. The molecule has 2 aliphatic rings. The zero-order chi connectivity index (χ0) is 13.1. The number of rotatable bonds is 4. The SMILES string of the molecule is CN(CC1CC1)C(=O)NC1CCCC(C(=O)O)C1. The van der Waals surface area contributed by atoms with E-state index in [1.54, 1.807) is 4.90 Å². The topological polar surface area (TPSA) is 69.6 Å². The molecule has 18 heavy (non-hydrogen) atoms. The van der Waals surface area contributed by atoms with Gasteiger partial charge in [0.2, 0.25) is 0 Å². The monoisotopic (exact) mass is 254 g/mol. The molecule has 0 aromatic carbocycles. The highest BCUT2D eigenvalue weighted by atomic mass is 16.4. The number of urea groups is 1. The van der Waals surface area contributed by atoms with Crippen LogP contribution in [0.4, 0.5) is 4.79 Å². The number of carbonyl (C=O) groups is 2. The fourth-order valence-corrected chi connectivity index (χ4v) is 2.60. The van der Waals surface area contributed by atoms with Crippen molar-refractivity contribution >= 4 is 12.0 Å². The van der Waals surface area contributed by atoms with Crippen molar-refractivity contribution in [1.82, 2.24) is 10.2 Å². The highest BCUT2D eigenvalue weighted by Crippen LogP contribution is 2.29. The molecule has 5 heteroatoms. The lowest BCUT2D eigenvalue weighted by Crippen LogP contribution is -2.46. The highest BCUT2D eigenvalue weighted by molar-refractivity contribution is 5.74. The number of amides is 2. The number of carboxylic acids is 1. The molecule has 2 fully saturated rings. The third kappa shape index (κ3) is 3.62. The van der Waals surface area contributed by atoms with E-state index in [1.165, 1.54) is 12.8 Å². The van der Waals surface area contributed by atoms with E-state index in [4.69, 9.17) is 5.11 Å². The summed E-state index contributed by atoms with van der Waals surface area (Å²) in [5.74, 6) is -0.350. The normalized spacial score (nSPS) is 27.6. The molecule has 0 aliphatic heterocycles. The van der Waals surface area contributed by atoms with E-state index in [0.717, 1.165) is 25.8 Å². The van der Waals surface area contributed by atoms with Crippen molar-refractivity contribution in [2.24, 2.45) is 11.8 Å². The molecule has 0 heterocycles. The third-order valence-electron chi connectivity index (χ3n) is 3.93. The maximum absolute atomic E-state index is 11.9. The molecule has 2 rings (SSSR count). The van der Waals surface area contributed by atoms with Gasteiger partial charge in [0.1, 0.15) is 0 Å². The van der Waals surface area contributed by atoms with Gasteiger partial charge in [-0.05, 0) is 38.0 Å². The van der Waals surface area contributed by atoms with Crippen molar-refractivity contribution in [3.8, 4) is 0 Å². The van der Waals surface area contributed by atoms with Gasteiger partial charge in [-0.25, -0.2) is 4.79 Å². The van der Waals surface area contributed by atoms with Crippen molar-refractivity contribution < 1.29 is 14.7 Å². The molecule has 0 aromatic heterocycles. The van der Waals surface area contributed by atoms with Crippen LogP contribution in [0.25, 0.3) is 0 Å². The molecular formula is C13H22N2O3. The molecule has 0 radical (unpaired) electrons. The van der Waals surface area contributed by atoms with E-state index in [-0.39, 0.29) is 18.0 Å². The first kappa shape index (κ1) is 13.2. The molecule has 2 amide bonds. The Morgan fingerprint density at radius 2 is 2.00 bits per heavy atom. The van der Waals surface area contributed by atoms with Crippen molar-refractivity contribution in [2.75, 3.05) is 13.6 Å². The van der Waals surface area contributed by atoms with Gasteiger partial charge in [-0.3, -0.25) is 4.79 Å². The van der Waals surface area contributed by atoms with Gasteiger partial charge in [0, 0.05) is 19.6 Å². The van der Waals surface area contributed by atoms with Gasteiger partial charge in [-0.15, -0.1) is 0 Å². The van der Waals surface area contributed by atoms with Crippen molar-refractivity contribution in [3.63, 3.8) is 0 Å². The minimum Gasteiger partial charge on any atom is -0.481 e. The molecule has 0 spiro atoms. The Morgan fingerprint density at radius 1 is 1.28 bits per heavy atom. The highest BCUT2D eigenvalue weighted by Gasteiger charge is 2.29. The fraction of sp³-hybridized carbons (Fsp3) is 0.846. The molecular weight excluding hydrogens is 232 g/mol. The molecule has 2 atom stereocenters. The van der Waals surface area contributed by atoms with Crippen LogP contribution in [0.1, 0.15) is 38.5 Å². The van der Waals surface area contributed by atoms with Crippen LogP contribution >= 0.6 is 0 Å². The number of carboxylic acid groups (broad SMARTS) is 1. The summed E-state index contributed by atoms with van der Waals surface area (Å²) in [4.78, 5) is 24.6. The van der Waals surface area contributed by atoms with Crippen molar-refractivity contribution in [3.05, 3.63) is 0 Å². The minimum absolute atomic E-state index is 0.0222. The summed E-state index contributed by atoms with van der Waals surface area (Å²) in [5, 5.41) is 12.0. The maximum Gasteiger partial charge on any atom is 0.317 e. The van der Waals surface area contributed by atoms with E-state index in [2.05, 4.69) is 5.32 Å². The molecule has 2 aliphatic carbocycles. The standard InChI is InChI=1S/C13H22N2O3/c1-15(8-9-5-6-9)13(18)14-11-4-2-3-10(7-11)12(16)17/h9-11H,2-8H2,1H3,(H,14,18)(H,16,17). The van der Waals surface area contributed by atoms with Crippen LogP contribution in [0.15, 0.2) is 0 Å². The largest absolute Gasteiger partial charge is 0.481 e. The second kappa shape index (κ2) is 5.59. The van der Waals surface area contributed by atoms with Crippen LogP contribution in [0.5, 0.6) is 0 Å². The summed E-state index contributed by atoms with van der Waals surface area (Å²) < 4.78 is 0. The zero-order valence-corrected chi connectivity index (χ0v) is 10.9. The van der Waals surface area contributed by atoms with Gasteiger partial charge < -0.3 is 15.3 Å². The van der Waals surface area contributed by atoms with Crippen LogP contribution in [0, 0.1) is 11.8 Å². The summed E-state index contributed by atoms with van der Waals surface area (Å²) in [6, 6.07) is -0.0352. The molecule has 2 unspecified atom stereocenters. The Hall–Kier alpha value is -1.26. The minimum atomic E-state index is -0.736. The number of hydrogen-bond donors (Lipinski definition) is 2. The smallest absolute Gasteiger partial charge is 0.317 e. The van der Waals surface area contributed by atoms with E-state index < -0.39 is 5.97 Å². The second-order valence-electron chi connectivity index (χ2n) is 5.67. The first-order chi connectivity index (χ1) is 8.56. The number of hydrogen-bond acceptors (Lipinski definition) is 2. The summed E-state index contributed by atoms with van der Waals surface area (Å²) in [7, 11) is 1.81. The molecule has 0 bridgehead atoms. The lowest BCUT2D eigenvalue weighted by molar-refractivity contribution is -0.143. The van der Waals surface area contributed by atoms with Gasteiger partial charge in [-0.1, -0.05) is 6.42 Å². The quantitative estimate of drug-likeness (QED) is 0.802.